The first-order valence-corrected chi connectivity index (χ1v) is 8.26. The van der Waals surface area contributed by atoms with Crippen molar-refractivity contribution in [1.82, 2.24) is 10.2 Å². The number of alkyl halides is 2. The number of nitrogens with two attached hydrogens (primary N) is 1. The van der Waals surface area contributed by atoms with Gasteiger partial charge in [0.15, 0.2) is 5.54 Å². The molecule has 1 saturated heterocycles. The maximum absolute atomic E-state index is 13.1. The van der Waals surface area contributed by atoms with Gasteiger partial charge in [-0.3, -0.25) is 15.8 Å². The third-order valence-electron chi connectivity index (χ3n) is 4.50. The van der Waals surface area contributed by atoms with Crippen molar-refractivity contribution in [3.8, 4) is 5.75 Å². The van der Waals surface area contributed by atoms with Gasteiger partial charge in [-0.15, -0.1) is 0 Å². The van der Waals surface area contributed by atoms with Gasteiger partial charge < -0.3 is 9.64 Å². The van der Waals surface area contributed by atoms with Crippen LogP contribution in [0.15, 0.2) is 42.5 Å². The van der Waals surface area contributed by atoms with Crippen LogP contribution in [0.2, 0.25) is 5.02 Å². The Balaban J connectivity index is 2.17. The molecule has 26 heavy (non-hydrogen) atoms. The molecule has 2 aromatic carbocycles. The number of carbonyl (C=O) groups excluding carboxylic acids is 1. The highest BCUT2D eigenvalue weighted by molar-refractivity contribution is 6.30. The summed E-state index contributed by atoms with van der Waals surface area (Å²) in [6.07, 6.45) is -0.709. The molecular formula is C18H18ClF2N3O2. The van der Waals surface area contributed by atoms with Crippen LogP contribution in [0, 0.1) is 6.92 Å². The number of nitrogens with zero attached hydrogens (tertiary/aromatic N) is 1. The van der Waals surface area contributed by atoms with E-state index in [1.54, 1.807) is 50.4 Å². The molecule has 1 amide bonds. The van der Waals surface area contributed by atoms with Gasteiger partial charge >= 0.3 is 6.61 Å². The summed E-state index contributed by atoms with van der Waals surface area (Å²) in [6, 6.07) is 11.5. The molecule has 0 saturated carbocycles. The van der Waals surface area contributed by atoms with Gasteiger partial charge in [-0.1, -0.05) is 29.8 Å². The van der Waals surface area contributed by atoms with E-state index in [0.717, 1.165) is 0 Å². The number of carbonyl (C=O) groups is 1. The third-order valence-corrected chi connectivity index (χ3v) is 4.74. The second kappa shape index (κ2) is 6.83. The number of nitrogens with one attached hydrogen (secondary N) is 1. The highest BCUT2D eigenvalue weighted by Gasteiger charge is 2.51. The molecule has 1 aliphatic heterocycles. The van der Waals surface area contributed by atoms with Crippen LogP contribution in [0.3, 0.4) is 0 Å². The number of likely N-dealkylation sites (N-methyl/N-ethyl adjacent to an activating group) is 1. The van der Waals surface area contributed by atoms with E-state index in [1.165, 1.54) is 11.0 Å². The molecule has 3 rings (SSSR count). The quantitative estimate of drug-likeness (QED) is 0.854. The van der Waals surface area contributed by atoms with Crippen molar-refractivity contribution in [2.45, 2.75) is 25.4 Å². The van der Waals surface area contributed by atoms with Gasteiger partial charge in [0, 0.05) is 12.1 Å². The van der Waals surface area contributed by atoms with Crippen LogP contribution < -0.4 is 15.8 Å². The van der Waals surface area contributed by atoms with Crippen molar-refractivity contribution >= 4 is 17.5 Å². The first-order chi connectivity index (χ1) is 12.3. The van der Waals surface area contributed by atoms with Crippen LogP contribution >= 0.6 is 11.6 Å². The fraction of sp³-hybridized carbons (Fsp3) is 0.278. The Morgan fingerprint density at radius 3 is 2.50 bits per heavy atom. The fourth-order valence-corrected chi connectivity index (χ4v) is 3.37. The number of aryl methyl sites for hydroxylation is 1. The van der Waals surface area contributed by atoms with E-state index in [2.05, 4.69) is 10.1 Å². The molecule has 0 bridgehead atoms. The Bertz CT molecular complexity index is 849. The topological polar surface area (TPSA) is 67.6 Å². The molecule has 5 nitrogen and oxygen atoms in total. The summed E-state index contributed by atoms with van der Waals surface area (Å²) in [5.41, 5.74) is 6.40. The van der Waals surface area contributed by atoms with E-state index < -0.39 is 18.4 Å². The van der Waals surface area contributed by atoms with E-state index in [0.29, 0.717) is 21.7 Å². The number of halogens is 3. The number of ether oxygens (including phenoxy) is 1. The van der Waals surface area contributed by atoms with Crippen molar-refractivity contribution in [3.05, 3.63) is 64.2 Å². The molecule has 0 spiro atoms. The molecule has 2 aromatic rings. The lowest BCUT2D eigenvalue weighted by Gasteiger charge is -2.29. The van der Waals surface area contributed by atoms with Gasteiger partial charge in [0.25, 0.3) is 5.91 Å². The Morgan fingerprint density at radius 1 is 1.27 bits per heavy atom. The average Bonchev–Trinajstić information content (AvgIpc) is 2.81. The Morgan fingerprint density at radius 2 is 1.96 bits per heavy atom. The van der Waals surface area contributed by atoms with Crippen molar-refractivity contribution < 1.29 is 18.3 Å². The highest BCUT2D eigenvalue weighted by atomic mass is 35.5. The Labute approximate surface area is 154 Å². The maximum atomic E-state index is 13.1. The van der Waals surface area contributed by atoms with E-state index in [9.17, 15) is 13.6 Å². The maximum Gasteiger partial charge on any atom is 0.387 e. The van der Waals surface area contributed by atoms with Gasteiger partial charge in [-0.05, 0) is 47.9 Å². The predicted molar refractivity (Wildman–Crippen MR) is 93.9 cm³/mol. The van der Waals surface area contributed by atoms with E-state index in [4.69, 9.17) is 17.3 Å². The molecule has 3 N–H and O–H groups in total. The number of benzene rings is 2. The second-order valence-corrected chi connectivity index (χ2v) is 6.56. The van der Waals surface area contributed by atoms with Gasteiger partial charge in [0.2, 0.25) is 0 Å². The zero-order chi connectivity index (χ0) is 19.1. The predicted octanol–water partition coefficient (Wildman–Crippen LogP) is 2.80. The van der Waals surface area contributed by atoms with Gasteiger partial charge in [-0.2, -0.15) is 8.78 Å². The molecule has 0 radical (unpaired) electrons. The molecule has 2 unspecified atom stereocenters. The van der Waals surface area contributed by atoms with Crippen LogP contribution in [0.1, 0.15) is 16.7 Å². The van der Waals surface area contributed by atoms with Crippen LogP contribution in [0.5, 0.6) is 5.75 Å². The Kier molecular flexibility index (Phi) is 4.88. The van der Waals surface area contributed by atoms with E-state index in [-0.39, 0.29) is 11.7 Å². The molecule has 0 aliphatic carbocycles. The van der Waals surface area contributed by atoms with Crippen molar-refractivity contribution in [3.63, 3.8) is 0 Å². The SMILES string of the molecule is Cc1cc(C2(c3cccc(Cl)c3)NC(N)N(C)C2=O)ccc1OC(F)F. The summed E-state index contributed by atoms with van der Waals surface area (Å²) in [4.78, 5) is 14.5. The average molecular weight is 382 g/mol. The normalized spacial score (nSPS) is 23.0. The number of amides is 1. The van der Waals surface area contributed by atoms with Crippen molar-refractivity contribution in [2.75, 3.05) is 7.05 Å². The van der Waals surface area contributed by atoms with Crippen LogP contribution in [0.4, 0.5) is 8.78 Å². The molecule has 2 atom stereocenters. The molecule has 0 aromatic heterocycles. The monoisotopic (exact) mass is 381 g/mol. The van der Waals surface area contributed by atoms with Crippen LogP contribution in [-0.4, -0.2) is 30.8 Å². The van der Waals surface area contributed by atoms with E-state index >= 15 is 0 Å². The minimum Gasteiger partial charge on any atom is -0.435 e. The third kappa shape index (κ3) is 3.02. The standard InChI is InChI=1S/C18H18ClF2N3O2/c1-10-8-12(6-7-14(10)26-16(20)21)18(11-4-3-5-13(19)9-11)15(25)24(2)17(22)23-18/h3-9,16-17,23H,22H2,1-2H3. The first kappa shape index (κ1) is 18.6. The lowest BCUT2D eigenvalue weighted by Crippen LogP contribution is -2.48. The second-order valence-electron chi connectivity index (χ2n) is 6.12. The summed E-state index contributed by atoms with van der Waals surface area (Å²) in [5, 5.41) is 3.59. The Hall–Kier alpha value is -2.22. The van der Waals surface area contributed by atoms with Crippen molar-refractivity contribution in [2.24, 2.45) is 5.73 Å². The fourth-order valence-electron chi connectivity index (χ4n) is 3.18. The molecule has 8 heteroatoms. The zero-order valence-corrected chi connectivity index (χ0v) is 14.9. The van der Waals surface area contributed by atoms with Crippen molar-refractivity contribution in [1.29, 1.82) is 0 Å². The smallest absolute Gasteiger partial charge is 0.387 e. The zero-order valence-electron chi connectivity index (χ0n) is 14.2. The lowest BCUT2D eigenvalue weighted by atomic mass is 9.82. The van der Waals surface area contributed by atoms with Crippen LogP contribution in [-0.2, 0) is 10.3 Å². The molecular weight excluding hydrogens is 364 g/mol. The van der Waals surface area contributed by atoms with Gasteiger partial charge in [0.05, 0.1) is 0 Å². The lowest BCUT2D eigenvalue weighted by molar-refractivity contribution is -0.131. The minimum atomic E-state index is -2.92. The van der Waals surface area contributed by atoms with Gasteiger partial charge in [-0.25, -0.2) is 0 Å². The van der Waals surface area contributed by atoms with E-state index in [1.807, 2.05) is 0 Å². The first-order valence-electron chi connectivity index (χ1n) is 7.88. The number of hydrogen-bond acceptors (Lipinski definition) is 4. The summed E-state index contributed by atoms with van der Waals surface area (Å²) < 4.78 is 29.5. The number of hydrogen-bond donors (Lipinski definition) is 2. The molecule has 1 fully saturated rings. The summed E-state index contributed by atoms with van der Waals surface area (Å²) in [7, 11) is 1.59. The molecule has 1 heterocycles. The molecule has 1 aliphatic rings. The van der Waals surface area contributed by atoms with Crippen LogP contribution in [0.25, 0.3) is 0 Å². The number of rotatable bonds is 4. The molecule has 138 valence electrons. The highest BCUT2D eigenvalue weighted by Crippen LogP contribution is 2.38. The summed E-state index contributed by atoms with van der Waals surface area (Å²) >= 11 is 6.12. The summed E-state index contributed by atoms with van der Waals surface area (Å²) in [5.74, 6) is -0.220. The summed E-state index contributed by atoms with van der Waals surface area (Å²) in [6.45, 7) is -1.29. The largest absolute Gasteiger partial charge is 0.435 e. The van der Waals surface area contributed by atoms with Gasteiger partial charge in [0.1, 0.15) is 12.0 Å². The minimum absolute atomic E-state index is 0.0492.